The number of carbonyl (C=O) groups is 2. The minimum atomic E-state index is -1.49. The van der Waals surface area contributed by atoms with Crippen LogP contribution >= 0.6 is 0 Å². The van der Waals surface area contributed by atoms with Gasteiger partial charge in [0.25, 0.3) is 0 Å². The molecular weight excluding hydrogens is 246 g/mol. The van der Waals surface area contributed by atoms with Gasteiger partial charge < -0.3 is 30.1 Å². The molecule has 18 heavy (non-hydrogen) atoms. The zero-order valence-corrected chi connectivity index (χ0v) is 10.1. The highest BCUT2D eigenvalue weighted by Crippen LogP contribution is 2.22. The first kappa shape index (κ1) is 14.8. The highest BCUT2D eigenvalue weighted by molar-refractivity contribution is 5.73. The lowest BCUT2D eigenvalue weighted by atomic mass is 9.96. The second-order valence-electron chi connectivity index (χ2n) is 4.04. The number of aliphatic hydroxyl groups is 3. The smallest absolute Gasteiger partial charge is 0.303 e. The Balaban J connectivity index is 2.89. The first-order valence-electron chi connectivity index (χ1n) is 5.43. The third-order valence-corrected chi connectivity index (χ3v) is 2.54. The average molecular weight is 263 g/mol. The molecule has 0 aliphatic carbocycles. The number of amides is 1. The van der Waals surface area contributed by atoms with Crippen molar-refractivity contribution in [2.24, 2.45) is 0 Å². The van der Waals surface area contributed by atoms with E-state index in [9.17, 15) is 19.8 Å². The molecule has 1 aliphatic rings. The van der Waals surface area contributed by atoms with Crippen molar-refractivity contribution >= 4 is 11.9 Å². The Morgan fingerprint density at radius 3 is 2.39 bits per heavy atom. The maximum atomic E-state index is 11.0. The summed E-state index contributed by atoms with van der Waals surface area (Å²) in [6, 6.07) is -1.09. The zero-order chi connectivity index (χ0) is 13.9. The van der Waals surface area contributed by atoms with Crippen LogP contribution < -0.4 is 5.32 Å². The predicted molar refractivity (Wildman–Crippen MR) is 57.1 cm³/mol. The number of rotatable bonds is 3. The molecule has 1 fully saturated rings. The summed E-state index contributed by atoms with van der Waals surface area (Å²) in [6.45, 7) is 1.79. The fraction of sp³-hybridized carbons (Fsp3) is 0.800. The van der Waals surface area contributed by atoms with Crippen molar-refractivity contribution in [3.63, 3.8) is 0 Å². The molecule has 0 aromatic rings. The van der Waals surface area contributed by atoms with Gasteiger partial charge in [-0.15, -0.1) is 0 Å². The van der Waals surface area contributed by atoms with Gasteiger partial charge in [0.05, 0.1) is 6.61 Å². The van der Waals surface area contributed by atoms with Crippen molar-refractivity contribution in [3.8, 4) is 0 Å². The molecule has 5 atom stereocenters. The van der Waals surface area contributed by atoms with Crippen LogP contribution in [0.3, 0.4) is 0 Å². The molecule has 0 saturated carbocycles. The normalized spacial score (nSPS) is 35.9. The van der Waals surface area contributed by atoms with Crippen LogP contribution in [-0.2, 0) is 19.1 Å². The van der Waals surface area contributed by atoms with Gasteiger partial charge in [-0.05, 0) is 0 Å². The summed E-state index contributed by atoms with van der Waals surface area (Å²) in [5.74, 6) is -1.16. The molecule has 1 saturated heterocycles. The van der Waals surface area contributed by atoms with E-state index in [-0.39, 0.29) is 0 Å². The lowest BCUT2D eigenvalue weighted by Crippen LogP contribution is -2.65. The van der Waals surface area contributed by atoms with Gasteiger partial charge in [0.15, 0.2) is 12.4 Å². The summed E-state index contributed by atoms with van der Waals surface area (Å²) in [4.78, 5) is 22.0. The third-order valence-electron chi connectivity index (χ3n) is 2.54. The summed E-state index contributed by atoms with van der Waals surface area (Å²) >= 11 is 0. The minimum Gasteiger partial charge on any atom is -0.457 e. The number of aliphatic hydroxyl groups excluding tert-OH is 3. The quantitative estimate of drug-likeness (QED) is 0.414. The second-order valence-corrected chi connectivity index (χ2v) is 4.04. The van der Waals surface area contributed by atoms with Crippen molar-refractivity contribution in [2.45, 2.75) is 44.5 Å². The Hall–Kier alpha value is -1.22. The molecule has 2 unspecified atom stereocenters. The fourth-order valence-electron chi connectivity index (χ4n) is 1.80. The van der Waals surface area contributed by atoms with Gasteiger partial charge >= 0.3 is 5.97 Å². The van der Waals surface area contributed by atoms with E-state index in [1.807, 2.05) is 0 Å². The number of esters is 1. The second kappa shape index (κ2) is 6.10. The largest absolute Gasteiger partial charge is 0.457 e. The van der Waals surface area contributed by atoms with Gasteiger partial charge in [-0.3, -0.25) is 9.59 Å². The molecule has 0 spiro atoms. The van der Waals surface area contributed by atoms with Gasteiger partial charge in [-0.25, -0.2) is 0 Å². The number of nitrogens with one attached hydrogen (secondary N) is 1. The Morgan fingerprint density at radius 1 is 1.33 bits per heavy atom. The van der Waals surface area contributed by atoms with Crippen LogP contribution in [-0.4, -0.2) is 64.4 Å². The van der Waals surface area contributed by atoms with Gasteiger partial charge in [-0.2, -0.15) is 0 Å². The van der Waals surface area contributed by atoms with Gasteiger partial charge in [-0.1, -0.05) is 0 Å². The molecule has 1 aliphatic heterocycles. The summed E-state index contributed by atoms with van der Waals surface area (Å²) in [5.41, 5.74) is 0. The monoisotopic (exact) mass is 263 g/mol. The van der Waals surface area contributed by atoms with E-state index in [0.29, 0.717) is 0 Å². The van der Waals surface area contributed by atoms with Crippen molar-refractivity contribution in [1.82, 2.24) is 5.32 Å². The third kappa shape index (κ3) is 3.39. The minimum absolute atomic E-state index is 0.477. The molecule has 0 bridgehead atoms. The zero-order valence-electron chi connectivity index (χ0n) is 10.1. The topological polar surface area (TPSA) is 125 Å². The summed E-state index contributed by atoms with van der Waals surface area (Å²) in [6.07, 6.45) is -5.11. The van der Waals surface area contributed by atoms with Gasteiger partial charge in [0.2, 0.25) is 5.91 Å². The van der Waals surface area contributed by atoms with Crippen LogP contribution in [0.2, 0.25) is 0 Å². The Morgan fingerprint density at radius 2 is 1.94 bits per heavy atom. The molecule has 1 amide bonds. The predicted octanol–water partition coefficient (Wildman–Crippen LogP) is -2.51. The maximum absolute atomic E-state index is 11.0. The Kier molecular flexibility index (Phi) is 5.03. The highest BCUT2D eigenvalue weighted by Gasteiger charge is 2.46. The van der Waals surface area contributed by atoms with E-state index in [0.717, 1.165) is 6.92 Å². The SMILES string of the molecule is CC(=O)NC1[C@@H](O)OC(CO)[C@@H](O)[C@H]1OC(C)=O. The molecule has 1 rings (SSSR count). The van der Waals surface area contributed by atoms with Crippen molar-refractivity contribution in [1.29, 1.82) is 0 Å². The maximum Gasteiger partial charge on any atom is 0.303 e. The average Bonchev–Trinajstić information content (AvgIpc) is 2.27. The molecule has 0 radical (unpaired) electrons. The number of ether oxygens (including phenoxy) is 2. The molecule has 0 aromatic heterocycles. The van der Waals surface area contributed by atoms with E-state index >= 15 is 0 Å². The van der Waals surface area contributed by atoms with E-state index in [1.165, 1.54) is 6.92 Å². The lowest BCUT2D eigenvalue weighted by Gasteiger charge is -2.41. The summed E-state index contributed by atoms with van der Waals surface area (Å²) in [5, 5.41) is 30.8. The molecule has 4 N–H and O–H groups in total. The number of hydrogen-bond donors (Lipinski definition) is 4. The molecule has 8 heteroatoms. The Labute approximate surface area is 104 Å². The van der Waals surface area contributed by atoms with Crippen LogP contribution in [0.4, 0.5) is 0 Å². The first-order valence-corrected chi connectivity index (χ1v) is 5.43. The molecule has 1 heterocycles. The standard InChI is InChI=1S/C10H17NO7/c1-4(13)11-7-9(17-5(2)14)8(15)6(3-12)18-10(7)16/h6-10,12,15-16H,3H2,1-2H3,(H,11,13)/t6?,7?,8-,9+,10+/m1/s1. The van der Waals surface area contributed by atoms with E-state index in [4.69, 9.17) is 14.6 Å². The first-order chi connectivity index (χ1) is 8.36. The molecule has 104 valence electrons. The molecule has 8 nitrogen and oxygen atoms in total. The Bertz CT molecular complexity index is 321. The number of hydrogen-bond acceptors (Lipinski definition) is 7. The van der Waals surface area contributed by atoms with Gasteiger partial charge in [0, 0.05) is 13.8 Å². The van der Waals surface area contributed by atoms with Crippen molar-refractivity contribution in [3.05, 3.63) is 0 Å². The van der Waals surface area contributed by atoms with E-state index in [1.54, 1.807) is 0 Å². The fourth-order valence-corrected chi connectivity index (χ4v) is 1.80. The number of carbonyl (C=O) groups excluding carboxylic acids is 2. The van der Waals surface area contributed by atoms with E-state index < -0.39 is 49.1 Å². The van der Waals surface area contributed by atoms with Crippen molar-refractivity contribution < 1.29 is 34.4 Å². The van der Waals surface area contributed by atoms with Crippen LogP contribution in [0, 0.1) is 0 Å². The molecule has 0 aromatic carbocycles. The van der Waals surface area contributed by atoms with Crippen LogP contribution in [0.5, 0.6) is 0 Å². The van der Waals surface area contributed by atoms with Gasteiger partial charge in [0.1, 0.15) is 18.2 Å². The van der Waals surface area contributed by atoms with Crippen molar-refractivity contribution in [2.75, 3.05) is 6.61 Å². The van der Waals surface area contributed by atoms with Crippen LogP contribution in [0.15, 0.2) is 0 Å². The van der Waals surface area contributed by atoms with Crippen LogP contribution in [0.25, 0.3) is 0 Å². The lowest BCUT2D eigenvalue weighted by molar-refractivity contribution is -0.258. The highest BCUT2D eigenvalue weighted by atomic mass is 16.6. The van der Waals surface area contributed by atoms with Crippen LogP contribution in [0.1, 0.15) is 13.8 Å². The summed E-state index contributed by atoms with van der Waals surface area (Å²) in [7, 11) is 0. The van der Waals surface area contributed by atoms with E-state index in [2.05, 4.69) is 5.32 Å². The summed E-state index contributed by atoms with van der Waals surface area (Å²) < 4.78 is 9.79. The molecular formula is C10H17NO7.